The van der Waals surface area contributed by atoms with Gasteiger partial charge in [0.05, 0.1) is 6.61 Å². The van der Waals surface area contributed by atoms with Gasteiger partial charge in [0.2, 0.25) is 0 Å². The summed E-state index contributed by atoms with van der Waals surface area (Å²) in [6.45, 7) is -0.0445. The summed E-state index contributed by atoms with van der Waals surface area (Å²) in [4.78, 5) is 10.7. The lowest BCUT2D eigenvalue weighted by atomic mass is 10.0. The maximum absolute atomic E-state index is 10.7. The number of aliphatic carboxylic acids is 1. The molecule has 0 aromatic heterocycles. The van der Waals surface area contributed by atoms with Crippen LogP contribution in [0.1, 0.15) is 11.1 Å². The third-order valence-corrected chi connectivity index (χ3v) is 2.48. The van der Waals surface area contributed by atoms with E-state index in [9.17, 15) is 4.79 Å². The van der Waals surface area contributed by atoms with Crippen molar-refractivity contribution in [3.05, 3.63) is 29.3 Å². The molecule has 4 heteroatoms. The number of anilines is 1. The molecule has 3 N–H and O–H groups in total. The first-order chi connectivity index (χ1) is 6.72. The minimum Gasteiger partial charge on any atom is -0.480 e. The predicted molar refractivity (Wildman–Crippen MR) is 51.1 cm³/mol. The van der Waals surface area contributed by atoms with E-state index in [4.69, 9.17) is 10.2 Å². The zero-order valence-corrected chi connectivity index (χ0v) is 7.53. The lowest BCUT2D eigenvalue weighted by Gasteiger charge is -2.03. The van der Waals surface area contributed by atoms with E-state index in [1.165, 1.54) is 0 Å². The molecule has 1 aliphatic rings. The second-order valence-corrected chi connectivity index (χ2v) is 3.34. The average Bonchev–Trinajstić information content (AvgIpc) is 2.60. The smallest absolute Gasteiger partial charge is 0.326 e. The lowest BCUT2D eigenvalue weighted by Crippen LogP contribution is -2.26. The van der Waals surface area contributed by atoms with Gasteiger partial charge in [-0.15, -0.1) is 0 Å². The summed E-state index contributed by atoms with van der Waals surface area (Å²) < 4.78 is 0. The third-order valence-electron chi connectivity index (χ3n) is 2.48. The summed E-state index contributed by atoms with van der Waals surface area (Å²) in [6.07, 6.45) is 0.446. The molecular formula is C10H11NO3. The zero-order chi connectivity index (χ0) is 10.1. The van der Waals surface area contributed by atoms with Crippen LogP contribution >= 0.6 is 0 Å². The predicted octanol–water partition coefficient (Wildman–Crippen LogP) is 0.600. The van der Waals surface area contributed by atoms with Crippen molar-refractivity contribution in [2.45, 2.75) is 19.1 Å². The molecule has 1 atom stereocenters. The second-order valence-electron chi connectivity index (χ2n) is 3.34. The summed E-state index contributed by atoms with van der Waals surface area (Å²) in [5.41, 5.74) is 2.55. The van der Waals surface area contributed by atoms with Crippen LogP contribution in [0.25, 0.3) is 0 Å². The van der Waals surface area contributed by atoms with E-state index in [0.717, 1.165) is 16.8 Å². The number of carboxylic acids is 1. The van der Waals surface area contributed by atoms with Crippen molar-refractivity contribution >= 4 is 11.7 Å². The van der Waals surface area contributed by atoms with Gasteiger partial charge in [-0.3, -0.25) is 0 Å². The van der Waals surface area contributed by atoms with E-state index >= 15 is 0 Å². The normalized spacial score (nSPS) is 18.8. The maximum Gasteiger partial charge on any atom is 0.326 e. The average molecular weight is 193 g/mol. The molecule has 0 saturated heterocycles. The van der Waals surface area contributed by atoms with E-state index in [1.807, 2.05) is 18.2 Å². The summed E-state index contributed by atoms with van der Waals surface area (Å²) in [6, 6.07) is 4.89. The SMILES string of the molecule is O=C(O)[C@@H]1Cc2c(CO)cccc2N1. The van der Waals surface area contributed by atoms with Gasteiger partial charge >= 0.3 is 5.97 Å². The first kappa shape index (κ1) is 9.02. The number of aliphatic hydroxyl groups is 1. The fourth-order valence-electron chi connectivity index (χ4n) is 1.75. The van der Waals surface area contributed by atoms with Crippen LogP contribution in [-0.2, 0) is 17.8 Å². The molecule has 4 nitrogen and oxygen atoms in total. The molecule has 0 bridgehead atoms. The van der Waals surface area contributed by atoms with Crippen molar-refractivity contribution in [2.24, 2.45) is 0 Å². The highest BCUT2D eigenvalue weighted by molar-refractivity contribution is 5.81. The molecule has 0 unspecified atom stereocenters. The Kier molecular flexibility index (Phi) is 2.13. The van der Waals surface area contributed by atoms with Gasteiger partial charge in [0, 0.05) is 12.1 Å². The highest BCUT2D eigenvalue weighted by Crippen LogP contribution is 2.28. The Balaban J connectivity index is 2.34. The van der Waals surface area contributed by atoms with Crippen LogP contribution in [0.15, 0.2) is 18.2 Å². The number of rotatable bonds is 2. The molecule has 0 spiro atoms. The molecule has 0 radical (unpaired) electrons. The summed E-state index contributed by atoms with van der Waals surface area (Å²) in [7, 11) is 0. The van der Waals surface area contributed by atoms with Gasteiger partial charge in [-0.1, -0.05) is 12.1 Å². The van der Waals surface area contributed by atoms with Crippen LogP contribution in [-0.4, -0.2) is 22.2 Å². The molecule has 0 amide bonds. The molecule has 0 fully saturated rings. The Morgan fingerprint density at radius 1 is 1.57 bits per heavy atom. The van der Waals surface area contributed by atoms with Crippen molar-refractivity contribution in [3.8, 4) is 0 Å². The third kappa shape index (κ3) is 1.33. The van der Waals surface area contributed by atoms with E-state index in [-0.39, 0.29) is 6.61 Å². The van der Waals surface area contributed by atoms with Crippen LogP contribution in [0.3, 0.4) is 0 Å². The Morgan fingerprint density at radius 2 is 2.36 bits per heavy atom. The number of aliphatic hydroxyl groups excluding tert-OH is 1. The molecule has 0 aliphatic carbocycles. The monoisotopic (exact) mass is 193 g/mol. The van der Waals surface area contributed by atoms with Crippen LogP contribution in [0.4, 0.5) is 5.69 Å². The van der Waals surface area contributed by atoms with Crippen LogP contribution < -0.4 is 5.32 Å². The topological polar surface area (TPSA) is 69.6 Å². The number of carbonyl (C=O) groups is 1. The van der Waals surface area contributed by atoms with Gasteiger partial charge in [-0.25, -0.2) is 4.79 Å². The van der Waals surface area contributed by atoms with Gasteiger partial charge in [0.25, 0.3) is 0 Å². The standard InChI is InChI=1S/C10H11NO3/c12-5-6-2-1-3-8-7(6)4-9(11-8)10(13)14/h1-3,9,11-12H,4-5H2,(H,13,14)/t9-/m0/s1. The number of hydrogen-bond acceptors (Lipinski definition) is 3. The molecule has 1 heterocycles. The number of nitrogens with one attached hydrogen (secondary N) is 1. The van der Waals surface area contributed by atoms with Crippen molar-refractivity contribution < 1.29 is 15.0 Å². The first-order valence-corrected chi connectivity index (χ1v) is 4.43. The Bertz CT molecular complexity index is 376. The summed E-state index contributed by atoms with van der Waals surface area (Å²) >= 11 is 0. The molecular weight excluding hydrogens is 182 g/mol. The zero-order valence-electron chi connectivity index (χ0n) is 7.53. The van der Waals surface area contributed by atoms with Crippen molar-refractivity contribution in [2.75, 3.05) is 5.32 Å². The van der Waals surface area contributed by atoms with Crippen molar-refractivity contribution in [3.63, 3.8) is 0 Å². The van der Waals surface area contributed by atoms with E-state index in [0.29, 0.717) is 6.42 Å². The van der Waals surface area contributed by atoms with Crippen LogP contribution in [0, 0.1) is 0 Å². The molecule has 2 rings (SSSR count). The van der Waals surface area contributed by atoms with Crippen molar-refractivity contribution in [1.29, 1.82) is 0 Å². The molecule has 1 aromatic carbocycles. The lowest BCUT2D eigenvalue weighted by molar-refractivity contribution is -0.137. The van der Waals surface area contributed by atoms with E-state index < -0.39 is 12.0 Å². The Labute approximate surface area is 81.2 Å². The fourth-order valence-corrected chi connectivity index (χ4v) is 1.75. The molecule has 1 aliphatic heterocycles. The number of fused-ring (bicyclic) bond motifs is 1. The first-order valence-electron chi connectivity index (χ1n) is 4.43. The summed E-state index contributed by atoms with van der Waals surface area (Å²) in [5.74, 6) is -0.856. The molecule has 0 saturated carbocycles. The van der Waals surface area contributed by atoms with Gasteiger partial charge < -0.3 is 15.5 Å². The Hall–Kier alpha value is -1.55. The molecule has 14 heavy (non-hydrogen) atoms. The fraction of sp³-hybridized carbons (Fsp3) is 0.300. The number of benzene rings is 1. The van der Waals surface area contributed by atoms with Gasteiger partial charge in [0.15, 0.2) is 0 Å². The van der Waals surface area contributed by atoms with E-state index in [1.54, 1.807) is 0 Å². The van der Waals surface area contributed by atoms with Crippen LogP contribution in [0.5, 0.6) is 0 Å². The molecule has 1 aromatic rings. The number of carboxylic acid groups (broad SMARTS) is 1. The highest BCUT2D eigenvalue weighted by Gasteiger charge is 2.27. The van der Waals surface area contributed by atoms with Gasteiger partial charge in [0.1, 0.15) is 6.04 Å². The highest BCUT2D eigenvalue weighted by atomic mass is 16.4. The minimum atomic E-state index is -0.856. The van der Waals surface area contributed by atoms with Crippen LogP contribution in [0.2, 0.25) is 0 Å². The minimum absolute atomic E-state index is 0.0445. The summed E-state index contributed by atoms with van der Waals surface area (Å²) in [5, 5.41) is 20.8. The van der Waals surface area contributed by atoms with Gasteiger partial charge in [-0.2, -0.15) is 0 Å². The largest absolute Gasteiger partial charge is 0.480 e. The van der Waals surface area contributed by atoms with Crippen molar-refractivity contribution in [1.82, 2.24) is 0 Å². The van der Waals surface area contributed by atoms with Gasteiger partial charge in [-0.05, 0) is 17.2 Å². The van der Waals surface area contributed by atoms with E-state index in [2.05, 4.69) is 5.32 Å². The molecule has 74 valence electrons. The quantitative estimate of drug-likeness (QED) is 0.643. The maximum atomic E-state index is 10.7. The number of hydrogen-bond donors (Lipinski definition) is 3. The Morgan fingerprint density at radius 3 is 3.00 bits per heavy atom. The second kappa shape index (κ2) is 3.31.